The highest BCUT2D eigenvalue weighted by Gasteiger charge is 2.30. The minimum atomic E-state index is -0.113. The molecule has 3 nitrogen and oxygen atoms in total. The van der Waals surface area contributed by atoms with Crippen LogP contribution in [0, 0.1) is 0 Å². The lowest BCUT2D eigenvalue weighted by Gasteiger charge is -2.28. The summed E-state index contributed by atoms with van der Waals surface area (Å²) >= 11 is 3.69. The normalized spacial score (nSPS) is 15.1. The second-order valence-corrected chi connectivity index (χ2v) is 13.4. The van der Waals surface area contributed by atoms with E-state index in [0.29, 0.717) is 0 Å². The van der Waals surface area contributed by atoms with Crippen LogP contribution in [0.2, 0.25) is 0 Å². The minimum Gasteiger partial charge on any atom is -0.345 e. The van der Waals surface area contributed by atoms with Crippen molar-refractivity contribution >= 4 is 97.0 Å². The van der Waals surface area contributed by atoms with Gasteiger partial charge >= 0.3 is 0 Å². The molecular formula is C38H23N3S2. The molecule has 0 aliphatic carbocycles. The van der Waals surface area contributed by atoms with E-state index in [1.165, 1.54) is 67.7 Å². The lowest BCUT2D eigenvalue weighted by atomic mass is 10.1. The molecule has 4 heterocycles. The number of para-hydroxylation sites is 1. The number of hydrogen-bond donors (Lipinski definition) is 1. The monoisotopic (exact) mass is 585 g/mol. The molecule has 3 aromatic heterocycles. The van der Waals surface area contributed by atoms with Crippen molar-refractivity contribution in [2.45, 2.75) is 6.17 Å². The molecule has 1 unspecified atom stereocenters. The second-order valence-electron chi connectivity index (χ2n) is 11.2. The highest BCUT2D eigenvalue weighted by atomic mass is 32.1. The molecular weight excluding hydrogens is 563 g/mol. The fraction of sp³-hybridized carbons (Fsp3) is 0.0263. The van der Waals surface area contributed by atoms with Gasteiger partial charge in [0.2, 0.25) is 0 Å². The van der Waals surface area contributed by atoms with Crippen LogP contribution in [-0.4, -0.2) is 10.4 Å². The van der Waals surface area contributed by atoms with Gasteiger partial charge in [-0.25, -0.2) is 4.99 Å². The van der Waals surface area contributed by atoms with Gasteiger partial charge in [0.05, 0.1) is 21.6 Å². The molecule has 0 fully saturated rings. The Labute approximate surface area is 255 Å². The summed E-state index contributed by atoms with van der Waals surface area (Å²) < 4.78 is 6.37. The SMILES string of the molecule is c1ccc2cc3c(cc2c1)c1ccccc1n3C1NC(c2ccc3sc4ccccc4c3c2)=Nc2c1sc1ccccc21. The van der Waals surface area contributed by atoms with Gasteiger partial charge in [0, 0.05) is 46.6 Å². The van der Waals surface area contributed by atoms with Gasteiger partial charge in [0.15, 0.2) is 0 Å². The van der Waals surface area contributed by atoms with Crippen molar-refractivity contribution in [2.24, 2.45) is 4.99 Å². The lowest BCUT2D eigenvalue weighted by molar-refractivity contribution is 0.589. The highest BCUT2D eigenvalue weighted by molar-refractivity contribution is 7.25. The maximum atomic E-state index is 5.35. The van der Waals surface area contributed by atoms with Crippen molar-refractivity contribution in [3.63, 3.8) is 0 Å². The number of nitrogens with one attached hydrogen (secondary N) is 1. The van der Waals surface area contributed by atoms with Crippen LogP contribution in [0.25, 0.3) is 62.8 Å². The third-order valence-electron chi connectivity index (χ3n) is 8.83. The molecule has 0 amide bonds. The molecule has 0 saturated heterocycles. The zero-order chi connectivity index (χ0) is 28.1. The van der Waals surface area contributed by atoms with Crippen molar-refractivity contribution in [3.05, 3.63) is 138 Å². The molecule has 1 aliphatic rings. The molecule has 202 valence electrons. The summed E-state index contributed by atoms with van der Waals surface area (Å²) in [7, 11) is 0. The number of nitrogens with zero attached hydrogens (tertiary/aromatic N) is 2. The largest absolute Gasteiger partial charge is 0.345 e. The number of fused-ring (bicyclic) bond motifs is 10. The average molecular weight is 586 g/mol. The predicted octanol–water partition coefficient (Wildman–Crippen LogP) is 10.8. The van der Waals surface area contributed by atoms with Crippen LogP contribution in [0.15, 0.2) is 132 Å². The first-order valence-electron chi connectivity index (χ1n) is 14.5. The lowest BCUT2D eigenvalue weighted by Crippen LogP contribution is -2.35. The van der Waals surface area contributed by atoms with E-state index in [4.69, 9.17) is 4.99 Å². The number of aromatic nitrogens is 1. The first-order chi connectivity index (χ1) is 21.3. The number of rotatable bonds is 2. The maximum absolute atomic E-state index is 5.35. The van der Waals surface area contributed by atoms with E-state index < -0.39 is 0 Å². The predicted molar refractivity (Wildman–Crippen MR) is 186 cm³/mol. The van der Waals surface area contributed by atoms with Gasteiger partial charge in [-0.1, -0.05) is 78.9 Å². The number of thiophene rings is 2. The minimum absolute atomic E-state index is 0.113. The fourth-order valence-corrected chi connectivity index (χ4v) is 9.13. The van der Waals surface area contributed by atoms with Crippen LogP contribution in [0.3, 0.4) is 0 Å². The molecule has 0 spiro atoms. The first-order valence-corrected chi connectivity index (χ1v) is 16.1. The van der Waals surface area contributed by atoms with E-state index in [2.05, 4.69) is 137 Å². The van der Waals surface area contributed by atoms with Crippen LogP contribution >= 0.6 is 22.7 Å². The summed E-state index contributed by atoms with van der Waals surface area (Å²) in [5.74, 6) is 0.907. The van der Waals surface area contributed by atoms with Crippen molar-refractivity contribution in [3.8, 4) is 0 Å². The Kier molecular flexibility index (Phi) is 4.81. The van der Waals surface area contributed by atoms with Gasteiger partial charge in [-0.15, -0.1) is 22.7 Å². The number of hydrogen-bond acceptors (Lipinski definition) is 4. The van der Waals surface area contributed by atoms with Crippen molar-refractivity contribution in [1.82, 2.24) is 9.88 Å². The third kappa shape index (κ3) is 3.38. The Morgan fingerprint density at radius 1 is 0.535 bits per heavy atom. The molecule has 9 aromatic rings. The molecule has 10 rings (SSSR count). The van der Waals surface area contributed by atoms with Crippen LogP contribution in [-0.2, 0) is 0 Å². The van der Waals surface area contributed by atoms with Gasteiger partial charge in [0.25, 0.3) is 0 Å². The zero-order valence-electron chi connectivity index (χ0n) is 22.9. The Bertz CT molecular complexity index is 2620. The molecule has 43 heavy (non-hydrogen) atoms. The van der Waals surface area contributed by atoms with E-state index in [-0.39, 0.29) is 6.17 Å². The van der Waals surface area contributed by atoms with Gasteiger partial charge in [-0.2, -0.15) is 0 Å². The van der Waals surface area contributed by atoms with E-state index in [1.54, 1.807) is 0 Å². The zero-order valence-corrected chi connectivity index (χ0v) is 24.5. The molecule has 5 heteroatoms. The summed E-state index contributed by atoms with van der Waals surface area (Å²) in [6.45, 7) is 0. The topological polar surface area (TPSA) is 29.3 Å². The Hall–Kier alpha value is -4.97. The Morgan fingerprint density at radius 2 is 1.21 bits per heavy atom. The van der Waals surface area contributed by atoms with Crippen molar-refractivity contribution in [1.29, 1.82) is 0 Å². The van der Waals surface area contributed by atoms with Crippen molar-refractivity contribution in [2.75, 3.05) is 0 Å². The molecule has 1 N–H and O–H groups in total. The van der Waals surface area contributed by atoms with E-state index >= 15 is 0 Å². The molecule has 0 radical (unpaired) electrons. The van der Waals surface area contributed by atoms with E-state index in [9.17, 15) is 0 Å². The third-order valence-corrected chi connectivity index (χ3v) is 11.2. The highest BCUT2D eigenvalue weighted by Crippen LogP contribution is 2.47. The van der Waals surface area contributed by atoms with Crippen LogP contribution in [0.5, 0.6) is 0 Å². The van der Waals surface area contributed by atoms with Crippen LogP contribution in [0.1, 0.15) is 16.6 Å². The van der Waals surface area contributed by atoms with E-state index in [1.807, 2.05) is 22.7 Å². The summed E-state index contributed by atoms with van der Waals surface area (Å²) in [5.41, 5.74) is 4.62. The molecule has 6 aromatic carbocycles. The molecule has 1 aliphatic heterocycles. The molecule has 0 bridgehead atoms. The Balaban J connectivity index is 1.26. The maximum Gasteiger partial charge on any atom is 0.143 e. The summed E-state index contributed by atoms with van der Waals surface area (Å²) in [4.78, 5) is 6.59. The average Bonchev–Trinajstić information content (AvgIpc) is 3.72. The van der Waals surface area contributed by atoms with E-state index in [0.717, 1.165) is 17.1 Å². The Morgan fingerprint density at radius 3 is 2.07 bits per heavy atom. The van der Waals surface area contributed by atoms with Gasteiger partial charge in [-0.3, -0.25) is 0 Å². The molecule has 0 saturated carbocycles. The fourth-order valence-electron chi connectivity index (χ4n) is 6.86. The quantitative estimate of drug-likeness (QED) is 0.215. The summed E-state index contributed by atoms with van der Waals surface area (Å²) in [6, 6.07) is 46.3. The summed E-state index contributed by atoms with van der Waals surface area (Å²) in [5, 5.41) is 12.8. The van der Waals surface area contributed by atoms with Crippen molar-refractivity contribution < 1.29 is 0 Å². The van der Waals surface area contributed by atoms with Gasteiger partial charge in [0.1, 0.15) is 12.0 Å². The van der Waals surface area contributed by atoms with Gasteiger partial charge < -0.3 is 9.88 Å². The molecule has 1 atom stereocenters. The number of benzene rings is 6. The van der Waals surface area contributed by atoms with Crippen LogP contribution in [0.4, 0.5) is 5.69 Å². The number of amidine groups is 1. The number of aliphatic imine (C=N–C) groups is 1. The smallest absolute Gasteiger partial charge is 0.143 e. The van der Waals surface area contributed by atoms with Gasteiger partial charge in [-0.05, 0) is 59.3 Å². The van der Waals surface area contributed by atoms with Crippen LogP contribution < -0.4 is 5.32 Å². The summed E-state index contributed by atoms with van der Waals surface area (Å²) in [6.07, 6.45) is -0.113. The first kappa shape index (κ1) is 23.6. The standard InChI is InChI=1S/C38H23N3S2/c1-2-10-23-21-31-28(19-22(23)9-1)25-11-3-6-14-30(25)41(31)38-36-35(27-13-5-8-16-33(27)43-36)39-37(40-38)24-17-18-34-29(20-24)26-12-4-7-15-32(26)42-34/h1-21,38H,(H,39,40). The second kappa shape index (κ2) is 8.77.